The van der Waals surface area contributed by atoms with Crippen LogP contribution < -0.4 is 10.6 Å². The Balaban J connectivity index is 1.48. The molecule has 0 bridgehead atoms. The molecule has 1 atom stereocenters. The predicted octanol–water partition coefficient (Wildman–Crippen LogP) is 3.46. The molecule has 3 aromatic rings. The molecule has 0 spiro atoms. The average molecular weight is 406 g/mol. The van der Waals surface area contributed by atoms with Gasteiger partial charge in [0.25, 0.3) is 5.91 Å². The van der Waals surface area contributed by atoms with E-state index in [1.54, 1.807) is 6.20 Å². The minimum atomic E-state index is -0.0927. The largest absolute Gasteiger partial charge is 0.381 e. The van der Waals surface area contributed by atoms with Gasteiger partial charge in [-0.3, -0.25) is 4.79 Å². The fraction of sp³-hybridized carbons (Fsp3) is 0.435. The van der Waals surface area contributed by atoms with Crippen molar-refractivity contribution < 1.29 is 9.53 Å². The van der Waals surface area contributed by atoms with Crippen molar-refractivity contribution in [3.05, 3.63) is 53.3 Å². The van der Waals surface area contributed by atoms with Gasteiger partial charge in [0.15, 0.2) is 5.65 Å². The Labute approximate surface area is 175 Å². The van der Waals surface area contributed by atoms with Crippen molar-refractivity contribution in [2.24, 2.45) is 0 Å². The molecule has 5 rings (SSSR count). The van der Waals surface area contributed by atoms with Gasteiger partial charge in [0.2, 0.25) is 0 Å². The van der Waals surface area contributed by atoms with Gasteiger partial charge < -0.3 is 15.4 Å². The SMILES string of the molecule is CCn1ncc2c(NC3CCOCC3)c(C(=O)N[C@@H]3CCc4ccccc43)cnc21. The van der Waals surface area contributed by atoms with Gasteiger partial charge in [-0.2, -0.15) is 5.10 Å². The number of benzene rings is 1. The molecule has 0 saturated carbocycles. The second-order valence-electron chi connectivity index (χ2n) is 8.04. The van der Waals surface area contributed by atoms with Gasteiger partial charge in [-0.05, 0) is 43.7 Å². The predicted molar refractivity (Wildman–Crippen MR) is 116 cm³/mol. The van der Waals surface area contributed by atoms with Gasteiger partial charge in [-0.15, -0.1) is 0 Å². The summed E-state index contributed by atoms with van der Waals surface area (Å²) < 4.78 is 7.36. The van der Waals surface area contributed by atoms with E-state index in [4.69, 9.17) is 4.74 Å². The van der Waals surface area contributed by atoms with Crippen LogP contribution in [-0.4, -0.2) is 39.9 Å². The van der Waals surface area contributed by atoms with Crippen molar-refractivity contribution in [1.29, 1.82) is 0 Å². The molecule has 0 unspecified atom stereocenters. The fourth-order valence-corrected chi connectivity index (χ4v) is 4.57. The third kappa shape index (κ3) is 3.43. The van der Waals surface area contributed by atoms with Crippen molar-refractivity contribution >= 4 is 22.6 Å². The highest BCUT2D eigenvalue weighted by atomic mass is 16.5. The lowest BCUT2D eigenvalue weighted by molar-refractivity contribution is 0.0903. The highest BCUT2D eigenvalue weighted by Crippen LogP contribution is 2.33. The summed E-state index contributed by atoms with van der Waals surface area (Å²) in [7, 11) is 0. The lowest BCUT2D eigenvalue weighted by atomic mass is 10.1. The number of rotatable bonds is 5. The molecule has 2 aromatic heterocycles. The van der Waals surface area contributed by atoms with Crippen LogP contribution in [0.1, 0.15) is 53.7 Å². The summed E-state index contributed by atoms with van der Waals surface area (Å²) in [6.07, 6.45) is 7.26. The van der Waals surface area contributed by atoms with Crippen LogP contribution in [0.15, 0.2) is 36.7 Å². The summed E-state index contributed by atoms with van der Waals surface area (Å²) in [6, 6.07) is 8.66. The molecular formula is C23H27N5O2. The molecule has 2 aliphatic rings. The number of anilines is 1. The Bertz CT molecular complexity index is 1070. The molecule has 1 amide bonds. The van der Waals surface area contributed by atoms with Crippen LogP contribution in [-0.2, 0) is 17.7 Å². The Morgan fingerprint density at radius 3 is 2.87 bits per heavy atom. The molecule has 1 fully saturated rings. The second kappa shape index (κ2) is 8.07. The van der Waals surface area contributed by atoms with Gasteiger partial charge in [0.1, 0.15) is 0 Å². The topological polar surface area (TPSA) is 81.1 Å². The maximum atomic E-state index is 13.3. The van der Waals surface area contributed by atoms with E-state index < -0.39 is 0 Å². The number of nitrogens with one attached hydrogen (secondary N) is 2. The van der Waals surface area contributed by atoms with Crippen LogP contribution in [0.3, 0.4) is 0 Å². The molecule has 30 heavy (non-hydrogen) atoms. The number of aryl methyl sites for hydroxylation is 2. The van der Waals surface area contributed by atoms with Gasteiger partial charge in [-0.25, -0.2) is 9.67 Å². The standard InChI is InChI=1S/C23H27N5O2/c1-2-28-22-18(14-25-28)21(26-16-9-11-30-12-10-16)19(13-24-22)23(29)27-20-8-7-15-5-3-4-6-17(15)20/h3-6,13-14,16,20H,2,7-12H2,1H3,(H,24,26)(H,27,29)/t20-/m1/s1. The Morgan fingerprint density at radius 1 is 1.20 bits per heavy atom. The van der Waals surface area contributed by atoms with Crippen LogP contribution >= 0.6 is 0 Å². The van der Waals surface area contributed by atoms with Crippen LogP contribution in [0.5, 0.6) is 0 Å². The summed E-state index contributed by atoms with van der Waals surface area (Å²) in [5, 5.41) is 12.2. The van der Waals surface area contributed by atoms with E-state index in [1.807, 2.05) is 23.9 Å². The molecule has 3 heterocycles. The smallest absolute Gasteiger partial charge is 0.255 e. The Hall–Kier alpha value is -2.93. The van der Waals surface area contributed by atoms with Crippen LogP contribution in [0.4, 0.5) is 5.69 Å². The van der Waals surface area contributed by atoms with E-state index in [0.29, 0.717) is 5.56 Å². The maximum Gasteiger partial charge on any atom is 0.255 e. The first kappa shape index (κ1) is 19.1. The normalized spacial score (nSPS) is 19.0. The Kier molecular flexibility index (Phi) is 5.12. The number of hydrogen-bond donors (Lipinski definition) is 2. The molecule has 7 heteroatoms. The van der Waals surface area contributed by atoms with Gasteiger partial charge >= 0.3 is 0 Å². The first-order valence-electron chi connectivity index (χ1n) is 10.8. The van der Waals surface area contributed by atoms with Crippen molar-refractivity contribution in [1.82, 2.24) is 20.1 Å². The molecule has 156 valence electrons. The zero-order valence-corrected chi connectivity index (χ0v) is 17.2. The highest BCUT2D eigenvalue weighted by Gasteiger charge is 2.27. The average Bonchev–Trinajstić information content (AvgIpc) is 3.39. The number of pyridine rings is 1. The van der Waals surface area contributed by atoms with Crippen molar-refractivity contribution in [3.8, 4) is 0 Å². The van der Waals surface area contributed by atoms with Crippen LogP contribution in [0.2, 0.25) is 0 Å². The number of aromatic nitrogens is 3. The number of fused-ring (bicyclic) bond motifs is 2. The first-order valence-corrected chi connectivity index (χ1v) is 10.8. The molecule has 7 nitrogen and oxygen atoms in total. The van der Waals surface area contributed by atoms with Crippen molar-refractivity contribution in [2.45, 2.75) is 51.2 Å². The quantitative estimate of drug-likeness (QED) is 0.679. The van der Waals surface area contributed by atoms with Gasteiger partial charge in [0.05, 0.1) is 28.9 Å². The summed E-state index contributed by atoms with van der Waals surface area (Å²) in [4.78, 5) is 17.9. The van der Waals surface area contributed by atoms with Crippen molar-refractivity contribution in [3.63, 3.8) is 0 Å². The second-order valence-corrected chi connectivity index (χ2v) is 8.04. The molecule has 1 aliphatic heterocycles. The molecule has 1 saturated heterocycles. The minimum absolute atomic E-state index is 0.0405. The van der Waals surface area contributed by atoms with E-state index in [9.17, 15) is 4.79 Å². The van der Waals surface area contributed by atoms with E-state index in [1.165, 1.54) is 11.1 Å². The van der Waals surface area contributed by atoms with E-state index in [-0.39, 0.29) is 18.0 Å². The van der Waals surface area contributed by atoms with Gasteiger partial charge in [0, 0.05) is 32.0 Å². The molecule has 2 N–H and O–H groups in total. The zero-order chi connectivity index (χ0) is 20.5. The number of amides is 1. The highest BCUT2D eigenvalue weighted by molar-refractivity contribution is 6.06. The lowest BCUT2D eigenvalue weighted by Crippen LogP contribution is -2.31. The summed E-state index contributed by atoms with van der Waals surface area (Å²) in [5.41, 5.74) is 4.75. The van der Waals surface area contributed by atoms with Gasteiger partial charge in [-0.1, -0.05) is 24.3 Å². The van der Waals surface area contributed by atoms with Crippen LogP contribution in [0, 0.1) is 0 Å². The van der Waals surface area contributed by atoms with Crippen LogP contribution in [0.25, 0.3) is 11.0 Å². The maximum absolute atomic E-state index is 13.3. The van der Waals surface area contributed by atoms with E-state index in [2.05, 4.69) is 38.9 Å². The van der Waals surface area contributed by atoms with E-state index in [0.717, 1.165) is 62.2 Å². The molecule has 1 aliphatic carbocycles. The monoisotopic (exact) mass is 405 g/mol. The number of carbonyl (C=O) groups is 1. The third-order valence-corrected chi connectivity index (χ3v) is 6.22. The van der Waals surface area contributed by atoms with E-state index >= 15 is 0 Å². The Morgan fingerprint density at radius 2 is 2.03 bits per heavy atom. The summed E-state index contributed by atoms with van der Waals surface area (Å²) in [5.74, 6) is -0.0927. The third-order valence-electron chi connectivity index (χ3n) is 6.22. The first-order chi connectivity index (χ1) is 14.7. The zero-order valence-electron chi connectivity index (χ0n) is 17.2. The number of carbonyl (C=O) groups excluding carboxylic acids is 1. The number of hydrogen-bond acceptors (Lipinski definition) is 5. The number of ether oxygens (including phenoxy) is 1. The summed E-state index contributed by atoms with van der Waals surface area (Å²) >= 11 is 0. The molecule has 1 aromatic carbocycles. The minimum Gasteiger partial charge on any atom is -0.381 e. The number of nitrogens with zero attached hydrogens (tertiary/aromatic N) is 3. The molecular weight excluding hydrogens is 378 g/mol. The fourth-order valence-electron chi connectivity index (χ4n) is 4.57. The van der Waals surface area contributed by atoms with Crippen molar-refractivity contribution in [2.75, 3.05) is 18.5 Å². The molecule has 0 radical (unpaired) electrons. The lowest BCUT2D eigenvalue weighted by Gasteiger charge is -2.26. The summed E-state index contributed by atoms with van der Waals surface area (Å²) in [6.45, 7) is 4.25.